The van der Waals surface area contributed by atoms with Gasteiger partial charge in [-0.3, -0.25) is 0 Å². The fourth-order valence-electron chi connectivity index (χ4n) is 1.57. The molecule has 0 atom stereocenters. The van der Waals surface area contributed by atoms with Crippen LogP contribution < -0.4 is 15.4 Å². The number of hydrogen-bond donors (Lipinski definition) is 3. The summed E-state index contributed by atoms with van der Waals surface area (Å²) in [5, 5.41) is 15.2. The Morgan fingerprint density at radius 2 is 1.90 bits per heavy atom. The van der Waals surface area contributed by atoms with Crippen LogP contribution in [-0.2, 0) is 0 Å². The molecule has 0 radical (unpaired) electrons. The van der Waals surface area contributed by atoms with Crippen LogP contribution in [0.2, 0.25) is 0 Å². The Kier molecular flexibility index (Phi) is 8.90. The summed E-state index contributed by atoms with van der Waals surface area (Å²) >= 11 is 1.81. The summed E-state index contributed by atoms with van der Waals surface area (Å²) in [7, 11) is 1.62. The van der Waals surface area contributed by atoms with Crippen LogP contribution in [0, 0.1) is 0 Å². The highest BCUT2D eigenvalue weighted by Gasteiger charge is 2.10. The average Bonchev–Trinajstić information content (AvgIpc) is 2.48. The lowest BCUT2D eigenvalue weighted by atomic mass is 10.4. The molecule has 1 heterocycles. The van der Waals surface area contributed by atoms with Crippen molar-refractivity contribution in [1.82, 2.24) is 9.97 Å². The van der Waals surface area contributed by atoms with Crippen LogP contribution in [0.15, 0.2) is 6.33 Å². The van der Waals surface area contributed by atoms with Crippen molar-refractivity contribution in [2.24, 2.45) is 0 Å². The van der Waals surface area contributed by atoms with Gasteiger partial charge in [-0.2, -0.15) is 11.8 Å². The number of anilines is 2. The minimum atomic E-state index is 0.257. The quantitative estimate of drug-likeness (QED) is 0.538. The SMILES string of the molecule is CCCNc1ncnc(NCCSCCCO)c1OC. The maximum atomic E-state index is 8.70. The zero-order valence-electron chi connectivity index (χ0n) is 12.2. The lowest BCUT2D eigenvalue weighted by Gasteiger charge is -2.13. The van der Waals surface area contributed by atoms with E-state index in [0.29, 0.717) is 11.6 Å². The number of rotatable bonds is 11. The van der Waals surface area contributed by atoms with Gasteiger partial charge in [-0.05, 0) is 18.6 Å². The third-order valence-electron chi connectivity index (χ3n) is 2.54. The van der Waals surface area contributed by atoms with Crippen molar-refractivity contribution < 1.29 is 9.84 Å². The van der Waals surface area contributed by atoms with Gasteiger partial charge < -0.3 is 20.5 Å². The molecule has 0 unspecified atom stereocenters. The summed E-state index contributed by atoms with van der Waals surface area (Å²) in [6.07, 6.45) is 3.39. The highest BCUT2D eigenvalue weighted by molar-refractivity contribution is 7.99. The van der Waals surface area contributed by atoms with Crippen LogP contribution in [0.1, 0.15) is 19.8 Å². The summed E-state index contributed by atoms with van der Waals surface area (Å²) in [5.74, 6) is 4.03. The predicted molar refractivity (Wildman–Crippen MR) is 84.9 cm³/mol. The third kappa shape index (κ3) is 5.83. The highest BCUT2D eigenvalue weighted by Crippen LogP contribution is 2.28. The van der Waals surface area contributed by atoms with E-state index in [-0.39, 0.29) is 6.61 Å². The molecule has 0 aliphatic heterocycles. The zero-order valence-corrected chi connectivity index (χ0v) is 13.0. The maximum absolute atomic E-state index is 8.70. The predicted octanol–water partition coefficient (Wildman–Crippen LogP) is 1.83. The molecule has 3 N–H and O–H groups in total. The number of aliphatic hydroxyl groups is 1. The molecule has 0 aliphatic rings. The standard InChI is InChI=1S/C13H24N4O2S/c1-3-5-14-12-11(19-2)13(17-10-16-12)15-6-9-20-8-4-7-18/h10,18H,3-9H2,1-2H3,(H2,14,15,16,17). The molecule has 0 aliphatic carbocycles. The number of aromatic nitrogens is 2. The molecule has 1 rings (SSSR count). The van der Waals surface area contributed by atoms with Gasteiger partial charge in [0, 0.05) is 25.4 Å². The van der Waals surface area contributed by atoms with Gasteiger partial charge in [0.1, 0.15) is 6.33 Å². The van der Waals surface area contributed by atoms with Gasteiger partial charge >= 0.3 is 0 Å². The lowest BCUT2D eigenvalue weighted by molar-refractivity contribution is 0.296. The minimum absolute atomic E-state index is 0.257. The van der Waals surface area contributed by atoms with E-state index in [4.69, 9.17) is 9.84 Å². The van der Waals surface area contributed by atoms with E-state index in [1.54, 1.807) is 18.9 Å². The molecule has 0 saturated heterocycles. The largest absolute Gasteiger partial charge is 0.490 e. The van der Waals surface area contributed by atoms with E-state index < -0.39 is 0 Å². The topological polar surface area (TPSA) is 79.3 Å². The van der Waals surface area contributed by atoms with E-state index in [2.05, 4.69) is 27.5 Å². The summed E-state index contributed by atoms with van der Waals surface area (Å²) in [5.41, 5.74) is 0. The van der Waals surface area contributed by atoms with Crippen LogP contribution in [0.25, 0.3) is 0 Å². The van der Waals surface area contributed by atoms with Crippen molar-refractivity contribution in [3.05, 3.63) is 6.33 Å². The minimum Gasteiger partial charge on any atom is -0.490 e. The van der Waals surface area contributed by atoms with Crippen LogP contribution in [0.3, 0.4) is 0 Å². The van der Waals surface area contributed by atoms with Crippen molar-refractivity contribution in [1.29, 1.82) is 0 Å². The molecule has 0 bridgehead atoms. The molecular weight excluding hydrogens is 276 g/mol. The summed E-state index contributed by atoms with van der Waals surface area (Å²) in [4.78, 5) is 8.41. The maximum Gasteiger partial charge on any atom is 0.204 e. The van der Waals surface area contributed by atoms with Gasteiger partial charge in [-0.25, -0.2) is 9.97 Å². The Morgan fingerprint density at radius 1 is 1.20 bits per heavy atom. The van der Waals surface area contributed by atoms with E-state index in [9.17, 15) is 0 Å². The highest BCUT2D eigenvalue weighted by atomic mass is 32.2. The molecule has 0 saturated carbocycles. The normalized spacial score (nSPS) is 10.3. The molecule has 0 aromatic carbocycles. The Bertz CT molecular complexity index is 379. The molecule has 6 nitrogen and oxygen atoms in total. The van der Waals surface area contributed by atoms with Crippen LogP contribution in [-0.4, -0.2) is 53.4 Å². The number of aliphatic hydroxyl groups excluding tert-OH is 1. The molecule has 114 valence electrons. The fourth-order valence-corrected chi connectivity index (χ4v) is 2.36. The van der Waals surface area contributed by atoms with Crippen LogP contribution in [0.5, 0.6) is 5.75 Å². The van der Waals surface area contributed by atoms with E-state index in [1.165, 1.54) is 6.33 Å². The second-order valence-corrected chi connectivity index (χ2v) is 5.37. The van der Waals surface area contributed by atoms with Gasteiger partial charge in [-0.1, -0.05) is 6.92 Å². The summed E-state index contributed by atoms with van der Waals surface area (Å²) < 4.78 is 5.38. The number of nitrogens with one attached hydrogen (secondary N) is 2. The molecule has 0 amide bonds. The molecule has 0 fully saturated rings. The first-order chi connectivity index (χ1) is 9.83. The lowest BCUT2D eigenvalue weighted by Crippen LogP contribution is -2.11. The molecule has 1 aromatic rings. The number of thioether (sulfide) groups is 1. The molecular formula is C13H24N4O2S. The summed E-state index contributed by atoms with van der Waals surface area (Å²) in [6, 6.07) is 0. The second-order valence-electron chi connectivity index (χ2n) is 4.15. The van der Waals surface area contributed by atoms with Gasteiger partial charge in [0.05, 0.1) is 7.11 Å². The smallest absolute Gasteiger partial charge is 0.204 e. The average molecular weight is 300 g/mol. The number of ether oxygens (including phenoxy) is 1. The first kappa shape index (κ1) is 16.8. The van der Waals surface area contributed by atoms with Crippen molar-refractivity contribution >= 4 is 23.4 Å². The Labute approximate surface area is 124 Å². The summed E-state index contributed by atoms with van der Waals surface area (Å²) in [6.45, 7) is 4.01. The van der Waals surface area contributed by atoms with Gasteiger partial charge in [0.25, 0.3) is 0 Å². The monoisotopic (exact) mass is 300 g/mol. The number of methoxy groups -OCH3 is 1. The molecule has 7 heteroatoms. The molecule has 20 heavy (non-hydrogen) atoms. The Morgan fingerprint density at radius 3 is 2.50 bits per heavy atom. The third-order valence-corrected chi connectivity index (χ3v) is 3.61. The van der Waals surface area contributed by atoms with E-state index >= 15 is 0 Å². The van der Waals surface area contributed by atoms with E-state index in [1.807, 2.05) is 0 Å². The Hall–Kier alpha value is -1.21. The molecule has 0 spiro atoms. The first-order valence-corrected chi connectivity index (χ1v) is 8.04. The van der Waals surface area contributed by atoms with Crippen molar-refractivity contribution in [2.75, 3.05) is 48.9 Å². The van der Waals surface area contributed by atoms with Crippen molar-refractivity contribution in [2.45, 2.75) is 19.8 Å². The fraction of sp³-hybridized carbons (Fsp3) is 0.692. The first-order valence-electron chi connectivity index (χ1n) is 6.88. The van der Waals surface area contributed by atoms with Crippen LogP contribution >= 0.6 is 11.8 Å². The number of hydrogen-bond acceptors (Lipinski definition) is 7. The van der Waals surface area contributed by atoms with Crippen molar-refractivity contribution in [3.8, 4) is 5.75 Å². The number of nitrogens with zero attached hydrogens (tertiary/aromatic N) is 2. The van der Waals surface area contributed by atoms with Gasteiger partial charge in [0.15, 0.2) is 11.6 Å². The second kappa shape index (κ2) is 10.6. The van der Waals surface area contributed by atoms with Crippen LogP contribution in [0.4, 0.5) is 11.6 Å². The van der Waals surface area contributed by atoms with Gasteiger partial charge in [-0.15, -0.1) is 0 Å². The zero-order chi connectivity index (χ0) is 14.6. The van der Waals surface area contributed by atoms with Crippen molar-refractivity contribution in [3.63, 3.8) is 0 Å². The van der Waals surface area contributed by atoms with Gasteiger partial charge in [0.2, 0.25) is 5.75 Å². The van der Waals surface area contributed by atoms with E-state index in [0.717, 1.165) is 43.3 Å². The Balaban J connectivity index is 2.47. The molecule has 1 aromatic heterocycles.